The van der Waals surface area contributed by atoms with Gasteiger partial charge in [0.2, 0.25) is 0 Å². The van der Waals surface area contributed by atoms with Crippen molar-refractivity contribution < 1.29 is 4.74 Å². The predicted octanol–water partition coefficient (Wildman–Crippen LogP) is 3.54. The van der Waals surface area contributed by atoms with E-state index in [2.05, 4.69) is 15.0 Å². The zero-order valence-electron chi connectivity index (χ0n) is 11.2. The summed E-state index contributed by atoms with van der Waals surface area (Å²) in [6.07, 6.45) is 5.39. The number of nitrogens with one attached hydrogen (secondary N) is 1. The lowest BCUT2D eigenvalue weighted by Gasteiger charge is -2.03. The van der Waals surface area contributed by atoms with E-state index in [1.165, 1.54) is 0 Å². The summed E-state index contributed by atoms with van der Waals surface area (Å²) >= 11 is 0. The molecule has 4 heteroatoms. The Labute approximate surface area is 117 Å². The molecule has 0 amide bonds. The summed E-state index contributed by atoms with van der Waals surface area (Å²) in [6, 6.07) is 11.8. The largest absolute Gasteiger partial charge is 0.494 e. The molecular weight excluding hydrogens is 250 g/mol. The number of aromatic amines is 1. The molecule has 0 aliphatic heterocycles. The lowest BCUT2D eigenvalue weighted by molar-refractivity contribution is 0.340. The van der Waals surface area contributed by atoms with Crippen LogP contribution in [0.15, 0.2) is 55.0 Å². The van der Waals surface area contributed by atoms with Gasteiger partial charge in [0, 0.05) is 23.5 Å². The molecule has 0 radical (unpaired) electrons. The zero-order valence-corrected chi connectivity index (χ0v) is 11.2. The number of aromatic nitrogens is 3. The molecule has 20 heavy (non-hydrogen) atoms. The van der Waals surface area contributed by atoms with E-state index >= 15 is 0 Å². The Hall–Kier alpha value is -2.62. The molecule has 0 saturated heterocycles. The van der Waals surface area contributed by atoms with Gasteiger partial charge in [-0.05, 0) is 43.3 Å². The van der Waals surface area contributed by atoms with Crippen LogP contribution in [0.1, 0.15) is 6.92 Å². The van der Waals surface area contributed by atoms with E-state index in [9.17, 15) is 0 Å². The van der Waals surface area contributed by atoms with Crippen molar-refractivity contribution in [2.24, 2.45) is 0 Å². The summed E-state index contributed by atoms with van der Waals surface area (Å²) in [5, 5.41) is 0. The van der Waals surface area contributed by atoms with Crippen molar-refractivity contribution in [2.75, 3.05) is 6.61 Å². The number of hydrogen-bond acceptors (Lipinski definition) is 3. The highest BCUT2D eigenvalue weighted by atomic mass is 16.5. The Morgan fingerprint density at radius 3 is 2.60 bits per heavy atom. The maximum Gasteiger partial charge on any atom is 0.137 e. The third-order valence-corrected chi connectivity index (χ3v) is 2.99. The summed E-state index contributed by atoms with van der Waals surface area (Å²) in [5.74, 6) is 1.71. The summed E-state index contributed by atoms with van der Waals surface area (Å²) < 4.78 is 5.43. The van der Waals surface area contributed by atoms with Crippen molar-refractivity contribution in [3.8, 4) is 28.4 Å². The Morgan fingerprint density at radius 2 is 1.90 bits per heavy atom. The molecule has 1 N–H and O–H groups in total. The molecule has 0 saturated carbocycles. The van der Waals surface area contributed by atoms with Gasteiger partial charge in [-0.3, -0.25) is 4.98 Å². The molecule has 3 rings (SSSR count). The van der Waals surface area contributed by atoms with Gasteiger partial charge in [0.1, 0.15) is 11.6 Å². The first-order valence-corrected chi connectivity index (χ1v) is 6.55. The molecule has 0 fully saturated rings. The van der Waals surface area contributed by atoms with Crippen LogP contribution in [0.25, 0.3) is 22.6 Å². The van der Waals surface area contributed by atoms with E-state index in [1.54, 1.807) is 6.20 Å². The highest BCUT2D eigenvalue weighted by Crippen LogP contribution is 2.23. The molecule has 3 aromatic rings. The molecular formula is C16H15N3O. The Bertz CT molecular complexity index is 674. The van der Waals surface area contributed by atoms with Crippen LogP contribution >= 0.6 is 0 Å². The highest BCUT2D eigenvalue weighted by Gasteiger charge is 2.05. The number of nitrogens with zero attached hydrogens (tertiary/aromatic N) is 2. The number of ether oxygens (including phenoxy) is 1. The second kappa shape index (κ2) is 5.57. The van der Waals surface area contributed by atoms with Crippen LogP contribution in [0, 0.1) is 0 Å². The van der Waals surface area contributed by atoms with Crippen LogP contribution < -0.4 is 4.74 Å². The normalized spacial score (nSPS) is 10.4. The first-order chi connectivity index (χ1) is 9.86. The molecule has 0 bridgehead atoms. The van der Waals surface area contributed by atoms with Gasteiger partial charge in [-0.1, -0.05) is 0 Å². The summed E-state index contributed by atoms with van der Waals surface area (Å²) in [4.78, 5) is 11.8. The average molecular weight is 265 g/mol. The fraction of sp³-hybridized carbons (Fsp3) is 0.125. The number of rotatable bonds is 4. The number of H-pyrrole nitrogens is 1. The molecule has 0 unspecified atom stereocenters. The van der Waals surface area contributed by atoms with Crippen LogP contribution in [0.4, 0.5) is 0 Å². The van der Waals surface area contributed by atoms with E-state index in [0.29, 0.717) is 6.61 Å². The highest BCUT2D eigenvalue weighted by molar-refractivity contribution is 5.64. The standard InChI is InChI=1S/C16H15N3O/c1-2-20-14-7-5-12(6-8-14)16-18-11-15(19-16)13-4-3-9-17-10-13/h3-11H,2H2,1H3,(H,18,19). The lowest BCUT2D eigenvalue weighted by atomic mass is 10.2. The number of benzene rings is 1. The maximum absolute atomic E-state index is 5.43. The molecule has 0 atom stereocenters. The molecule has 100 valence electrons. The SMILES string of the molecule is CCOc1ccc(-c2ncc(-c3cccnc3)[nH]2)cc1. The fourth-order valence-corrected chi connectivity index (χ4v) is 2.01. The molecule has 0 spiro atoms. The minimum atomic E-state index is 0.672. The van der Waals surface area contributed by atoms with Crippen molar-refractivity contribution >= 4 is 0 Å². The van der Waals surface area contributed by atoms with Crippen molar-refractivity contribution in [1.29, 1.82) is 0 Å². The maximum atomic E-state index is 5.43. The van der Waals surface area contributed by atoms with Crippen LogP contribution in [-0.2, 0) is 0 Å². The number of hydrogen-bond donors (Lipinski definition) is 1. The predicted molar refractivity (Wildman–Crippen MR) is 78.4 cm³/mol. The van der Waals surface area contributed by atoms with Gasteiger partial charge in [-0.25, -0.2) is 4.98 Å². The van der Waals surface area contributed by atoms with Crippen molar-refractivity contribution in [3.05, 3.63) is 55.0 Å². The van der Waals surface area contributed by atoms with Gasteiger partial charge in [-0.2, -0.15) is 0 Å². The van der Waals surface area contributed by atoms with Crippen molar-refractivity contribution in [1.82, 2.24) is 15.0 Å². The second-order valence-electron chi connectivity index (χ2n) is 4.34. The molecule has 1 aromatic carbocycles. The summed E-state index contributed by atoms with van der Waals surface area (Å²) in [6.45, 7) is 2.64. The monoisotopic (exact) mass is 265 g/mol. The van der Waals surface area contributed by atoms with Crippen LogP contribution in [-0.4, -0.2) is 21.6 Å². The Kier molecular flexibility index (Phi) is 3.46. The van der Waals surface area contributed by atoms with Crippen LogP contribution in [0.2, 0.25) is 0 Å². The molecule has 4 nitrogen and oxygen atoms in total. The van der Waals surface area contributed by atoms with E-state index in [1.807, 2.05) is 55.7 Å². The first-order valence-electron chi connectivity index (χ1n) is 6.55. The minimum absolute atomic E-state index is 0.672. The van der Waals surface area contributed by atoms with E-state index in [0.717, 1.165) is 28.4 Å². The fourth-order valence-electron chi connectivity index (χ4n) is 2.01. The molecule has 0 aliphatic rings. The Morgan fingerprint density at radius 1 is 1.05 bits per heavy atom. The average Bonchev–Trinajstić information content (AvgIpc) is 2.99. The first kappa shape index (κ1) is 12.4. The van der Waals surface area contributed by atoms with Gasteiger partial charge in [0.05, 0.1) is 18.5 Å². The molecule has 2 aromatic heterocycles. The van der Waals surface area contributed by atoms with E-state index in [4.69, 9.17) is 4.74 Å². The smallest absolute Gasteiger partial charge is 0.137 e. The summed E-state index contributed by atoms with van der Waals surface area (Å²) in [5.41, 5.74) is 3.02. The van der Waals surface area contributed by atoms with Gasteiger partial charge in [0.15, 0.2) is 0 Å². The van der Waals surface area contributed by atoms with E-state index < -0.39 is 0 Å². The van der Waals surface area contributed by atoms with Gasteiger partial charge in [0.25, 0.3) is 0 Å². The van der Waals surface area contributed by atoms with Crippen molar-refractivity contribution in [2.45, 2.75) is 6.92 Å². The topological polar surface area (TPSA) is 50.8 Å². The minimum Gasteiger partial charge on any atom is -0.494 e. The molecule has 0 aliphatic carbocycles. The third-order valence-electron chi connectivity index (χ3n) is 2.99. The van der Waals surface area contributed by atoms with Crippen molar-refractivity contribution in [3.63, 3.8) is 0 Å². The molecule has 2 heterocycles. The summed E-state index contributed by atoms with van der Waals surface area (Å²) in [7, 11) is 0. The van der Waals surface area contributed by atoms with Gasteiger partial charge in [-0.15, -0.1) is 0 Å². The van der Waals surface area contributed by atoms with Gasteiger partial charge >= 0.3 is 0 Å². The number of imidazole rings is 1. The quantitative estimate of drug-likeness (QED) is 0.785. The van der Waals surface area contributed by atoms with Gasteiger partial charge < -0.3 is 9.72 Å². The number of pyridine rings is 1. The van der Waals surface area contributed by atoms with E-state index in [-0.39, 0.29) is 0 Å². The van der Waals surface area contributed by atoms with Crippen LogP contribution in [0.3, 0.4) is 0 Å². The third kappa shape index (κ3) is 2.54. The zero-order chi connectivity index (χ0) is 13.8. The Balaban J connectivity index is 1.86. The lowest BCUT2D eigenvalue weighted by Crippen LogP contribution is -1.90. The second-order valence-corrected chi connectivity index (χ2v) is 4.34. The van der Waals surface area contributed by atoms with Crippen LogP contribution in [0.5, 0.6) is 5.75 Å².